The zero-order valence-electron chi connectivity index (χ0n) is 9.30. The third kappa shape index (κ3) is 4.34. The number of hydrogen-bond acceptors (Lipinski definition) is 3. The molecule has 0 aliphatic rings. The molecule has 0 heterocycles. The Morgan fingerprint density at radius 3 is 2.47 bits per heavy atom. The Morgan fingerprint density at radius 2 is 2.00 bits per heavy atom. The quantitative estimate of drug-likeness (QED) is 0.608. The fourth-order valence-electron chi connectivity index (χ4n) is 1.13. The van der Waals surface area contributed by atoms with Crippen LogP contribution in [0.5, 0.6) is 11.5 Å². The van der Waals surface area contributed by atoms with Crippen molar-refractivity contribution in [3.8, 4) is 11.5 Å². The molecule has 0 saturated carbocycles. The zero-order chi connectivity index (χ0) is 13.1. The highest BCUT2D eigenvalue weighted by Crippen LogP contribution is 2.28. The van der Waals surface area contributed by atoms with E-state index in [4.69, 9.17) is 4.74 Å². The summed E-state index contributed by atoms with van der Waals surface area (Å²) in [6, 6.07) is 3.68. The van der Waals surface area contributed by atoms with E-state index in [-0.39, 0.29) is 23.5 Å². The molecule has 0 fully saturated rings. The van der Waals surface area contributed by atoms with Gasteiger partial charge in [-0.25, -0.2) is 0 Å². The number of hydrogen-bond donors (Lipinski definition) is 0. The Bertz CT molecular complexity index is 413. The second kappa shape index (κ2) is 5.07. The van der Waals surface area contributed by atoms with Gasteiger partial charge in [0, 0.05) is 6.42 Å². The summed E-state index contributed by atoms with van der Waals surface area (Å²) >= 11 is 0. The predicted octanol–water partition coefficient (Wildman–Crippen LogP) is 3.21. The Balaban J connectivity index is 2.83. The van der Waals surface area contributed by atoms with Crippen LogP contribution in [0.2, 0.25) is 0 Å². The molecule has 1 aromatic rings. The van der Waals surface area contributed by atoms with Crippen LogP contribution in [0.3, 0.4) is 0 Å². The maximum absolute atomic E-state index is 12.0. The van der Waals surface area contributed by atoms with Crippen LogP contribution in [0.4, 0.5) is 13.2 Å². The van der Waals surface area contributed by atoms with Crippen molar-refractivity contribution >= 4 is 5.97 Å². The van der Waals surface area contributed by atoms with Crippen LogP contribution in [-0.2, 0) is 4.79 Å². The number of esters is 1. The lowest BCUT2D eigenvalue weighted by molar-refractivity contribution is -0.274. The van der Waals surface area contributed by atoms with Crippen molar-refractivity contribution in [1.82, 2.24) is 0 Å². The van der Waals surface area contributed by atoms with Crippen LogP contribution in [0, 0.1) is 6.92 Å². The normalized spacial score (nSPS) is 11.1. The van der Waals surface area contributed by atoms with Crippen LogP contribution in [-0.4, -0.2) is 12.3 Å². The molecule has 0 aromatic heterocycles. The van der Waals surface area contributed by atoms with Gasteiger partial charge in [-0.05, 0) is 30.7 Å². The highest BCUT2D eigenvalue weighted by atomic mass is 19.4. The second-order valence-electron chi connectivity index (χ2n) is 3.30. The summed E-state index contributed by atoms with van der Waals surface area (Å²) in [5.41, 5.74) is 0.240. The largest absolute Gasteiger partial charge is 0.573 e. The Labute approximate surface area is 96.1 Å². The molecule has 0 aliphatic carbocycles. The summed E-state index contributed by atoms with van der Waals surface area (Å²) in [4.78, 5) is 11.0. The average Bonchev–Trinajstić information content (AvgIpc) is 2.20. The molecule has 0 aliphatic heterocycles. The van der Waals surface area contributed by atoms with Crippen LogP contribution in [0.1, 0.15) is 18.9 Å². The summed E-state index contributed by atoms with van der Waals surface area (Å²) in [5.74, 6) is -0.563. The predicted molar refractivity (Wildman–Crippen MR) is 53.8 cm³/mol. The molecule has 0 radical (unpaired) electrons. The fourth-order valence-corrected chi connectivity index (χ4v) is 1.13. The monoisotopic (exact) mass is 248 g/mol. The first-order chi connectivity index (χ1) is 7.81. The number of alkyl halides is 3. The summed E-state index contributed by atoms with van der Waals surface area (Å²) in [6.45, 7) is 3.06. The Morgan fingerprint density at radius 1 is 1.35 bits per heavy atom. The number of ether oxygens (including phenoxy) is 2. The van der Waals surface area contributed by atoms with Gasteiger partial charge in [0.05, 0.1) is 0 Å². The highest BCUT2D eigenvalue weighted by molar-refractivity contribution is 5.72. The van der Waals surface area contributed by atoms with E-state index in [1.54, 1.807) is 6.92 Å². The van der Waals surface area contributed by atoms with Crippen molar-refractivity contribution in [2.45, 2.75) is 26.6 Å². The van der Waals surface area contributed by atoms with Crippen LogP contribution in [0.15, 0.2) is 18.2 Å². The summed E-state index contributed by atoms with van der Waals surface area (Å²) in [5, 5.41) is 0. The first kappa shape index (κ1) is 13.3. The summed E-state index contributed by atoms with van der Waals surface area (Å²) in [7, 11) is 0. The lowest BCUT2D eigenvalue weighted by Crippen LogP contribution is -2.17. The molecule has 0 bridgehead atoms. The molecular formula is C11H11F3O3. The van der Waals surface area contributed by atoms with E-state index >= 15 is 0 Å². The lowest BCUT2D eigenvalue weighted by Gasteiger charge is -2.12. The summed E-state index contributed by atoms with van der Waals surface area (Å²) < 4.78 is 44.6. The van der Waals surface area contributed by atoms with E-state index in [0.29, 0.717) is 0 Å². The van der Waals surface area contributed by atoms with E-state index in [1.165, 1.54) is 19.1 Å². The number of aryl methyl sites for hydroxylation is 1. The Kier molecular flexibility index (Phi) is 3.98. The molecular weight excluding hydrogens is 237 g/mol. The van der Waals surface area contributed by atoms with Crippen molar-refractivity contribution in [3.05, 3.63) is 23.8 Å². The van der Waals surface area contributed by atoms with Gasteiger partial charge in [0.2, 0.25) is 0 Å². The van der Waals surface area contributed by atoms with Gasteiger partial charge < -0.3 is 9.47 Å². The van der Waals surface area contributed by atoms with Crippen molar-refractivity contribution in [2.24, 2.45) is 0 Å². The number of carbonyl (C=O) groups is 1. The SMILES string of the molecule is CCC(=O)Oc1ccc(OC(F)(F)F)c(C)c1. The fraction of sp³-hybridized carbons (Fsp3) is 0.364. The van der Waals surface area contributed by atoms with Crippen LogP contribution in [0.25, 0.3) is 0 Å². The third-order valence-electron chi connectivity index (χ3n) is 1.89. The number of carbonyl (C=O) groups excluding carboxylic acids is 1. The van der Waals surface area contributed by atoms with Gasteiger partial charge in [-0.2, -0.15) is 0 Å². The van der Waals surface area contributed by atoms with Crippen molar-refractivity contribution < 1.29 is 27.4 Å². The van der Waals surface area contributed by atoms with E-state index < -0.39 is 12.3 Å². The number of halogens is 3. The number of benzene rings is 1. The van der Waals surface area contributed by atoms with Gasteiger partial charge in [-0.3, -0.25) is 4.79 Å². The summed E-state index contributed by atoms with van der Waals surface area (Å²) in [6.07, 6.45) is -4.54. The standard InChI is InChI=1S/C11H11F3O3/c1-3-10(15)16-8-4-5-9(7(2)6-8)17-11(12,13)14/h4-6H,3H2,1-2H3. The lowest BCUT2D eigenvalue weighted by atomic mass is 10.2. The van der Waals surface area contributed by atoms with Crippen molar-refractivity contribution in [2.75, 3.05) is 0 Å². The van der Waals surface area contributed by atoms with Crippen LogP contribution < -0.4 is 9.47 Å². The molecule has 0 unspecified atom stereocenters. The maximum Gasteiger partial charge on any atom is 0.573 e. The molecule has 3 nitrogen and oxygen atoms in total. The molecule has 17 heavy (non-hydrogen) atoms. The maximum atomic E-state index is 12.0. The van der Waals surface area contributed by atoms with Gasteiger partial charge in [0.25, 0.3) is 0 Å². The molecule has 0 N–H and O–H groups in total. The molecule has 0 amide bonds. The highest BCUT2D eigenvalue weighted by Gasteiger charge is 2.31. The molecule has 0 spiro atoms. The minimum Gasteiger partial charge on any atom is -0.427 e. The van der Waals surface area contributed by atoms with E-state index in [2.05, 4.69) is 4.74 Å². The molecule has 0 saturated heterocycles. The van der Waals surface area contributed by atoms with Crippen LogP contribution >= 0.6 is 0 Å². The van der Waals surface area contributed by atoms with E-state index in [9.17, 15) is 18.0 Å². The molecule has 1 rings (SSSR count). The Hall–Kier alpha value is -1.72. The zero-order valence-corrected chi connectivity index (χ0v) is 9.30. The molecule has 6 heteroatoms. The smallest absolute Gasteiger partial charge is 0.427 e. The van der Waals surface area contributed by atoms with Gasteiger partial charge in [0.1, 0.15) is 11.5 Å². The van der Waals surface area contributed by atoms with E-state index in [0.717, 1.165) is 6.07 Å². The second-order valence-corrected chi connectivity index (χ2v) is 3.30. The van der Waals surface area contributed by atoms with E-state index in [1.807, 2.05) is 0 Å². The number of rotatable bonds is 3. The van der Waals surface area contributed by atoms with Crippen molar-refractivity contribution in [3.63, 3.8) is 0 Å². The minimum atomic E-state index is -4.73. The van der Waals surface area contributed by atoms with Gasteiger partial charge in [-0.15, -0.1) is 13.2 Å². The van der Waals surface area contributed by atoms with Crippen molar-refractivity contribution in [1.29, 1.82) is 0 Å². The topological polar surface area (TPSA) is 35.5 Å². The third-order valence-corrected chi connectivity index (χ3v) is 1.89. The van der Waals surface area contributed by atoms with Gasteiger partial charge >= 0.3 is 12.3 Å². The molecule has 0 atom stereocenters. The van der Waals surface area contributed by atoms with Gasteiger partial charge in [-0.1, -0.05) is 6.92 Å². The minimum absolute atomic E-state index is 0.194. The molecule has 94 valence electrons. The average molecular weight is 248 g/mol. The first-order valence-electron chi connectivity index (χ1n) is 4.89. The molecule has 1 aromatic carbocycles. The van der Waals surface area contributed by atoms with Gasteiger partial charge in [0.15, 0.2) is 0 Å². The first-order valence-corrected chi connectivity index (χ1v) is 4.89.